The first-order valence-electron chi connectivity index (χ1n) is 4.15. The molecule has 0 radical (unpaired) electrons. The van der Waals surface area contributed by atoms with Crippen LogP contribution in [0.25, 0.3) is 10.9 Å². The molecule has 4 heteroatoms. The van der Waals surface area contributed by atoms with Crippen molar-refractivity contribution in [1.82, 2.24) is 4.98 Å². The van der Waals surface area contributed by atoms with Crippen LogP contribution in [-0.2, 0) is 0 Å². The molecule has 1 N–H and O–H groups in total. The molecular formula is C10H8ClFN2. The molecule has 0 unspecified atom stereocenters. The highest BCUT2D eigenvalue weighted by atomic mass is 35.5. The molecule has 0 bridgehead atoms. The van der Waals surface area contributed by atoms with Gasteiger partial charge in [0.2, 0.25) is 0 Å². The van der Waals surface area contributed by atoms with E-state index in [4.69, 9.17) is 11.6 Å². The Morgan fingerprint density at radius 2 is 2.07 bits per heavy atom. The summed E-state index contributed by atoms with van der Waals surface area (Å²) in [6.07, 6.45) is 0. The molecule has 1 heterocycles. The minimum atomic E-state index is -0.306. The van der Waals surface area contributed by atoms with Gasteiger partial charge in [-0.3, -0.25) is 0 Å². The zero-order valence-corrected chi connectivity index (χ0v) is 8.27. The van der Waals surface area contributed by atoms with Gasteiger partial charge in [0, 0.05) is 12.4 Å². The standard InChI is InChI=1S/C10H8ClFN2/c1-13-9-5-2-6-8(12)4-3-7(11)10(6)14-9/h2-5H,1H3,(H,13,14). The van der Waals surface area contributed by atoms with E-state index in [1.54, 1.807) is 19.2 Å². The largest absolute Gasteiger partial charge is 0.373 e. The van der Waals surface area contributed by atoms with Crippen molar-refractivity contribution in [3.63, 3.8) is 0 Å². The van der Waals surface area contributed by atoms with E-state index in [9.17, 15) is 4.39 Å². The first kappa shape index (κ1) is 9.21. The van der Waals surface area contributed by atoms with Crippen LogP contribution in [0.2, 0.25) is 5.02 Å². The average molecular weight is 211 g/mol. The third-order valence-corrected chi connectivity index (χ3v) is 2.32. The van der Waals surface area contributed by atoms with Crippen molar-refractivity contribution in [3.05, 3.63) is 35.1 Å². The lowest BCUT2D eigenvalue weighted by atomic mass is 10.2. The van der Waals surface area contributed by atoms with E-state index < -0.39 is 0 Å². The Bertz CT molecular complexity index is 485. The van der Waals surface area contributed by atoms with E-state index in [0.29, 0.717) is 21.7 Å². The second kappa shape index (κ2) is 3.42. The number of pyridine rings is 1. The molecule has 2 aromatic rings. The van der Waals surface area contributed by atoms with Crippen molar-refractivity contribution in [3.8, 4) is 0 Å². The van der Waals surface area contributed by atoms with E-state index in [2.05, 4.69) is 10.3 Å². The summed E-state index contributed by atoms with van der Waals surface area (Å²) in [5.41, 5.74) is 0.485. The average Bonchev–Trinajstić information content (AvgIpc) is 2.23. The lowest BCUT2D eigenvalue weighted by Crippen LogP contribution is -1.93. The van der Waals surface area contributed by atoms with Gasteiger partial charge in [0.15, 0.2) is 0 Å². The Morgan fingerprint density at radius 1 is 1.29 bits per heavy atom. The maximum Gasteiger partial charge on any atom is 0.132 e. The van der Waals surface area contributed by atoms with Crippen LogP contribution in [0.3, 0.4) is 0 Å². The van der Waals surface area contributed by atoms with Gasteiger partial charge in [0.1, 0.15) is 11.6 Å². The molecule has 72 valence electrons. The third kappa shape index (κ3) is 1.40. The van der Waals surface area contributed by atoms with Gasteiger partial charge in [-0.05, 0) is 24.3 Å². The summed E-state index contributed by atoms with van der Waals surface area (Å²) in [7, 11) is 1.75. The van der Waals surface area contributed by atoms with Crippen LogP contribution in [0.1, 0.15) is 0 Å². The van der Waals surface area contributed by atoms with Gasteiger partial charge in [-0.25, -0.2) is 9.37 Å². The summed E-state index contributed by atoms with van der Waals surface area (Å²) < 4.78 is 13.3. The van der Waals surface area contributed by atoms with E-state index in [1.807, 2.05) is 0 Å². The van der Waals surface area contributed by atoms with Crippen molar-refractivity contribution in [2.45, 2.75) is 0 Å². The van der Waals surface area contributed by atoms with Crippen LogP contribution in [-0.4, -0.2) is 12.0 Å². The summed E-state index contributed by atoms with van der Waals surface area (Å²) in [4.78, 5) is 4.17. The number of nitrogens with zero attached hydrogens (tertiary/aromatic N) is 1. The van der Waals surface area contributed by atoms with Crippen molar-refractivity contribution in [2.24, 2.45) is 0 Å². The quantitative estimate of drug-likeness (QED) is 0.783. The van der Waals surface area contributed by atoms with Crippen molar-refractivity contribution in [2.75, 3.05) is 12.4 Å². The van der Waals surface area contributed by atoms with Gasteiger partial charge in [-0.1, -0.05) is 11.6 Å². The molecule has 2 nitrogen and oxygen atoms in total. The first-order chi connectivity index (χ1) is 6.72. The van der Waals surface area contributed by atoms with Gasteiger partial charge < -0.3 is 5.32 Å². The molecule has 1 aromatic heterocycles. The monoisotopic (exact) mass is 210 g/mol. The molecule has 0 aliphatic rings. The third-order valence-electron chi connectivity index (χ3n) is 2.01. The molecular weight excluding hydrogens is 203 g/mol. The smallest absolute Gasteiger partial charge is 0.132 e. The second-order valence-corrected chi connectivity index (χ2v) is 3.28. The van der Waals surface area contributed by atoms with E-state index in [0.717, 1.165) is 0 Å². The van der Waals surface area contributed by atoms with E-state index in [-0.39, 0.29) is 5.82 Å². The number of anilines is 1. The summed E-state index contributed by atoms with van der Waals surface area (Å²) in [6.45, 7) is 0. The number of benzene rings is 1. The normalized spacial score (nSPS) is 10.5. The van der Waals surface area contributed by atoms with Crippen molar-refractivity contribution < 1.29 is 4.39 Å². The summed E-state index contributed by atoms with van der Waals surface area (Å²) in [5, 5.41) is 3.77. The topological polar surface area (TPSA) is 24.9 Å². The van der Waals surface area contributed by atoms with Gasteiger partial charge in [0.05, 0.1) is 10.5 Å². The van der Waals surface area contributed by atoms with Gasteiger partial charge in [-0.15, -0.1) is 0 Å². The Labute approximate surface area is 85.7 Å². The van der Waals surface area contributed by atoms with Crippen LogP contribution in [0, 0.1) is 5.82 Å². The molecule has 1 aromatic carbocycles. The predicted molar refractivity (Wildman–Crippen MR) is 56.3 cm³/mol. The number of fused-ring (bicyclic) bond motifs is 1. The zero-order chi connectivity index (χ0) is 10.1. The second-order valence-electron chi connectivity index (χ2n) is 2.87. The molecule has 0 amide bonds. The first-order valence-corrected chi connectivity index (χ1v) is 4.52. The number of hydrogen-bond donors (Lipinski definition) is 1. The SMILES string of the molecule is CNc1ccc2c(F)ccc(Cl)c2n1. The zero-order valence-electron chi connectivity index (χ0n) is 7.51. The van der Waals surface area contributed by atoms with Gasteiger partial charge in [-0.2, -0.15) is 0 Å². The van der Waals surface area contributed by atoms with E-state index in [1.165, 1.54) is 12.1 Å². The fourth-order valence-electron chi connectivity index (χ4n) is 1.29. The molecule has 0 saturated heterocycles. The summed E-state index contributed by atoms with van der Waals surface area (Å²) >= 11 is 5.90. The maximum absolute atomic E-state index is 13.3. The minimum absolute atomic E-state index is 0.306. The molecule has 0 atom stereocenters. The Hall–Kier alpha value is -1.35. The van der Waals surface area contributed by atoms with Crippen molar-refractivity contribution >= 4 is 28.3 Å². The van der Waals surface area contributed by atoms with E-state index >= 15 is 0 Å². The Balaban J connectivity index is 2.80. The number of halogens is 2. The Kier molecular flexibility index (Phi) is 2.25. The molecule has 0 spiro atoms. The molecule has 14 heavy (non-hydrogen) atoms. The van der Waals surface area contributed by atoms with Crippen LogP contribution in [0.5, 0.6) is 0 Å². The lowest BCUT2D eigenvalue weighted by Gasteiger charge is -2.03. The summed E-state index contributed by atoms with van der Waals surface area (Å²) in [5.74, 6) is 0.365. The highest BCUT2D eigenvalue weighted by Crippen LogP contribution is 2.25. The number of hydrogen-bond acceptors (Lipinski definition) is 2. The molecule has 0 aliphatic carbocycles. The molecule has 0 fully saturated rings. The summed E-state index contributed by atoms with van der Waals surface area (Å²) in [6, 6.07) is 6.22. The molecule has 2 rings (SSSR count). The molecule has 0 aliphatic heterocycles. The minimum Gasteiger partial charge on any atom is -0.373 e. The highest BCUT2D eigenvalue weighted by Gasteiger charge is 2.05. The fourth-order valence-corrected chi connectivity index (χ4v) is 1.50. The number of rotatable bonds is 1. The van der Waals surface area contributed by atoms with Crippen LogP contribution < -0.4 is 5.32 Å². The maximum atomic E-state index is 13.3. The van der Waals surface area contributed by atoms with Gasteiger partial charge >= 0.3 is 0 Å². The van der Waals surface area contributed by atoms with Crippen LogP contribution in [0.4, 0.5) is 10.2 Å². The predicted octanol–water partition coefficient (Wildman–Crippen LogP) is 3.07. The van der Waals surface area contributed by atoms with Crippen molar-refractivity contribution in [1.29, 1.82) is 0 Å². The number of nitrogens with one attached hydrogen (secondary N) is 1. The highest BCUT2D eigenvalue weighted by molar-refractivity contribution is 6.35. The fraction of sp³-hybridized carbons (Fsp3) is 0.100. The lowest BCUT2D eigenvalue weighted by molar-refractivity contribution is 0.639. The number of aromatic nitrogens is 1. The Morgan fingerprint density at radius 3 is 2.79 bits per heavy atom. The van der Waals surface area contributed by atoms with Gasteiger partial charge in [0.25, 0.3) is 0 Å². The van der Waals surface area contributed by atoms with Crippen LogP contribution in [0.15, 0.2) is 24.3 Å². The van der Waals surface area contributed by atoms with Crippen LogP contribution >= 0.6 is 11.6 Å². The molecule has 0 saturated carbocycles.